The van der Waals surface area contributed by atoms with Crippen molar-refractivity contribution in [2.45, 2.75) is 32.1 Å². The van der Waals surface area contributed by atoms with Gasteiger partial charge in [-0.1, -0.05) is 26.0 Å². The molecule has 1 rings (SSSR count). The molecule has 1 unspecified atom stereocenters. The zero-order chi connectivity index (χ0) is 15.3. The Kier molecular flexibility index (Phi) is 5.64. The highest BCUT2D eigenvalue weighted by molar-refractivity contribution is 7.88. The molecule has 0 fully saturated rings. The van der Waals surface area contributed by atoms with Crippen LogP contribution in [-0.2, 0) is 20.6 Å². The van der Waals surface area contributed by atoms with Gasteiger partial charge in [-0.2, -0.15) is 0 Å². The number of hydrogen-bond donors (Lipinski definition) is 2. The molecule has 112 valence electrons. The lowest BCUT2D eigenvalue weighted by Gasteiger charge is -2.20. The fraction of sp³-hybridized carbons (Fsp3) is 0.462. The van der Waals surface area contributed by atoms with Crippen molar-refractivity contribution in [1.29, 1.82) is 0 Å². The summed E-state index contributed by atoms with van der Waals surface area (Å²) in [7, 11) is -3.67. The van der Waals surface area contributed by atoms with E-state index in [1.807, 2.05) is 0 Å². The molecule has 20 heavy (non-hydrogen) atoms. The lowest BCUT2D eigenvalue weighted by atomic mass is 10.0. The van der Waals surface area contributed by atoms with Crippen molar-refractivity contribution in [3.05, 3.63) is 35.6 Å². The molecule has 0 aromatic heterocycles. The second kappa shape index (κ2) is 6.81. The standard InChI is InChI=1S/C13H18FNO4S/c1-9(2)12(7-13(16)17)15-20(18,19)8-10-3-5-11(14)6-4-10/h3-6,9,12,15H,7-8H2,1-2H3,(H,16,17). The van der Waals surface area contributed by atoms with Crippen molar-refractivity contribution >= 4 is 16.0 Å². The van der Waals surface area contributed by atoms with Crippen molar-refractivity contribution in [3.8, 4) is 0 Å². The van der Waals surface area contributed by atoms with Crippen LogP contribution in [0.5, 0.6) is 0 Å². The SMILES string of the molecule is CC(C)C(CC(=O)O)NS(=O)(=O)Cc1ccc(F)cc1. The van der Waals surface area contributed by atoms with Gasteiger partial charge < -0.3 is 5.11 Å². The van der Waals surface area contributed by atoms with Crippen LogP contribution >= 0.6 is 0 Å². The van der Waals surface area contributed by atoms with Crippen LogP contribution in [0.15, 0.2) is 24.3 Å². The molecule has 7 heteroatoms. The monoisotopic (exact) mass is 303 g/mol. The van der Waals surface area contributed by atoms with E-state index in [1.165, 1.54) is 24.3 Å². The van der Waals surface area contributed by atoms with Gasteiger partial charge in [0.1, 0.15) is 5.82 Å². The molecule has 0 bridgehead atoms. The van der Waals surface area contributed by atoms with Gasteiger partial charge in [-0.25, -0.2) is 17.5 Å². The van der Waals surface area contributed by atoms with Crippen LogP contribution in [0.4, 0.5) is 4.39 Å². The number of carboxylic acid groups (broad SMARTS) is 1. The number of carboxylic acids is 1. The molecule has 0 saturated heterocycles. The minimum Gasteiger partial charge on any atom is -0.481 e. The molecular formula is C13H18FNO4S. The second-order valence-electron chi connectivity index (χ2n) is 4.95. The predicted octanol–water partition coefficient (Wildman–Crippen LogP) is 1.74. The third-order valence-electron chi connectivity index (χ3n) is 2.80. The molecule has 0 saturated carbocycles. The highest BCUT2D eigenvalue weighted by Crippen LogP contribution is 2.11. The summed E-state index contributed by atoms with van der Waals surface area (Å²) in [5.41, 5.74) is 0.441. The summed E-state index contributed by atoms with van der Waals surface area (Å²) in [6.45, 7) is 3.49. The number of nitrogens with one attached hydrogen (secondary N) is 1. The topological polar surface area (TPSA) is 83.5 Å². The number of sulfonamides is 1. The third kappa shape index (κ3) is 5.66. The van der Waals surface area contributed by atoms with E-state index < -0.39 is 27.9 Å². The smallest absolute Gasteiger partial charge is 0.304 e. The van der Waals surface area contributed by atoms with Crippen molar-refractivity contribution in [1.82, 2.24) is 4.72 Å². The average Bonchev–Trinajstić information content (AvgIpc) is 2.30. The number of benzene rings is 1. The van der Waals surface area contributed by atoms with Crippen molar-refractivity contribution in [2.75, 3.05) is 0 Å². The number of hydrogen-bond acceptors (Lipinski definition) is 3. The first-order valence-electron chi connectivity index (χ1n) is 6.16. The summed E-state index contributed by atoms with van der Waals surface area (Å²) in [5.74, 6) is -1.96. The van der Waals surface area contributed by atoms with Crippen LogP contribution in [0.3, 0.4) is 0 Å². The normalized spacial score (nSPS) is 13.4. The first-order chi connectivity index (χ1) is 9.19. The van der Waals surface area contributed by atoms with E-state index in [1.54, 1.807) is 13.8 Å². The lowest BCUT2D eigenvalue weighted by Crippen LogP contribution is -2.40. The van der Waals surface area contributed by atoms with Gasteiger partial charge in [-0.15, -0.1) is 0 Å². The number of rotatable bonds is 7. The lowest BCUT2D eigenvalue weighted by molar-refractivity contribution is -0.137. The molecule has 0 aliphatic rings. The highest BCUT2D eigenvalue weighted by Gasteiger charge is 2.23. The Balaban J connectivity index is 2.77. The largest absolute Gasteiger partial charge is 0.481 e. The van der Waals surface area contributed by atoms with Gasteiger partial charge in [0, 0.05) is 6.04 Å². The van der Waals surface area contributed by atoms with Crippen LogP contribution in [-0.4, -0.2) is 25.5 Å². The Morgan fingerprint density at radius 1 is 1.30 bits per heavy atom. The maximum atomic E-state index is 12.7. The van der Waals surface area contributed by atoms with Gasteiger partial charge in [0.05, 0.1) is 12.2 Å². The molecule has 0 spiro atoms. The second-order valence-corrected chi connectivity index (χ2v) is 6.71. The summed E-state index contributed by atoms with van der Waals surface area (Å²) in [6, 6.07) is 4.47. The van der Waals surface area contributed by atoms with Crippen LogP contribution in [0.2, 0.25) is 0 Å². The van der Waals surface area contributed by atoms with E-state index in [9.17, 15) is 17.6 Å². The number of carbonyl (C=O) groups is 1. The minimum atomic E-state index is -3.67. The van der Waals surface area contributed by atoms with E-state index in [4.69, 9.17) is 5.11 Å². The predicted molar refractivity (Wildman–Crippen MR) is 73.0 cm³/mol. The fourth-order valence-corrected chi connectivity index (χ4v) is 3.21. The average molecular weight is 303 g/mol. The van der Waals surface area contributed by atoms with Gasteiger partial charge in [-0.3, -0.25) is 4.79 Å². The summed E-state index contributed by atoms with van der Waals surface area (Å²) in [5, 5.41) is 8.77. The zero-order valence-corrected chi connectivity index (χ0v) is 12.2. The Labute approximate surface area is 117 Å². The summed E-state index contributed by atoms with van der Waals surface area (Å²) in [4.78, 5) is 10.7. The Hall–Kier alpha value is -1.47. The number of aliphatic carboxylic acids is 1. The van der Waals surface area contributed by atoms with E-state index in [-0.39, 0.29) is 18.1 Å². The van der Waals surface area contributed by atoms with Gasteiger partial charge >= 0.3 is 5.97 Å². The van der Waals surface area contributed by atoms with Gasteiger partial charge in [-0.05, 0) is 23.6 Å². The third-order valence-corrected chi connectivity index (χ3v) is 4.18. The number of halogens is 1. The van der Waals surface area contributed by atoms with E-state index in [2.05, 4.69) is 4.72 Å². The van der Waals surface area contributed by atoms with Crippen molar-refractivity contribution in [3.63, 3.8) is 0 Å². The van der Waals surface area contributed by atoms with Gasteiger partial charge in [0.2, 0.25) is 10.0 Å². The first-order valence-corrected chi connectivity index (χ1v) is 7.81. The summed E-state index contributed by atoms with van der Waals surface area (Å²) < 4.78 is 39.1. The van der Waals surface area contributed by atoms with Crippen LogP contribution in [0, 0.1) is 11.7 Å². The maximum Gasteiger partial charge on any atom is 0.304 e. The highest BCUT2D eigenvalue weighted by atomic mass is 32.2. The molecule has 1 aromatic carbocycles. The van der Waals surface area contributed by atoms with Crippen molar-refractivity contribution in [2.24, 2.45) is 5.92 Å². The molecule has 1 atom stereocenters. The molecule has 1 aromatic rings. The van der Waals surface area contributed by atoms with Gasteiger partial charge in [0.25, 0.3) is 0 Å². The van der Waals surface area contributed by atoms with E-state index >= 15 is 0 Å². The zero-order valence-electron chi connectivity index (χ0n) is 11.3. The summed E-state index contributed by atoms with van der Waals surface area (Å²) in [6.07, 6.45) is -0.277. The van der Waals surface area contributed by atoms with Crippen LogP contribution in [0.1, 0.15) is 25.8 Å². The molecule has 0 aliphatic carbocycles. The van der Waals surface area contributed by atoms with E-state index in [0.29, 0.717) is 5.56 Å². The quantitative estimate of drug-likeness (QED) is 0.803. The molecule has 0 amide bonds. The molecule has 0 heterocycles. The van der Waals surface area contributed by atoms with Gasteiger partial charge in [0.15, 0.2) is 0 Å². The molecular weight excluding hydrogens is 285 g/mol. The molecule has 0 radical (unpaired) electrons. The van der Waals surface area contributed by atoms with Crippen LogP contribution in [0.25, 0.3) is 0 Å². The van der Waals surface area contributed by atoms with Crippen molar-refractivity contribution < 1.29 is 22.7 Å². The molecule has 2 N–H and O–H groups in total. The fourth-order valence-electron chi connectivity index (χ4n) is 1.67. The molecule has 0 aliphatic heterocycles. The Morgan fingerprint density at radius 3 is 2.30 bits per heavy atom. The first kappa shape index (κ1) is 16.6. The minimum absolute atomic E-state index is 0.144. The van der Waals surface area contributed by atoms with E-state index in [0.717, 1.165) is 0 Å². The molecule has 5 nitrogen and oxygen atoms in total. The Morgan fingerprint density at radius 2 is 1.85 bits per heavy atom. The van der Waals surface area contributed by atoms with Crippen LogP contribution < -0.4 is 4.72 Å². The summed E-state index contributed by atoms with van der Waals surface area (Å²) >= 11 is 0. The Bertz CT molecular complexity index is 554. The maximum absolute atomic E-state index is 12.7.